The highest BCUT2D eigenvalue weighted by molar-refractivity contribution is 7.90. The van der Waals surface area contributed by atoms with Gasteiger partial charge in [0.15, 0.2) is 9.84 Å². The minimum Gasteiger partial charge on any atom is -0.473 e. The third-order valence-electron chi connectivity index (χ3n) is 3.66. The smallest absolute Gasteiger partial charge is 0.213 e. The van der Waals surface area contributed by atoms with Gasteiger partial charge < -0.3 is 10.1 Å². The van der Waals surface area contributed by atoms with Crippen LogP contribution in [0.1, 0.15) is 11.1 Å². The highest BCUT2D eigenvalue weighted by Gasteiger charge is 2.13. The zero-order valence-electron chi connectivity index (χ0n) is 14.3. The Kier molecular flexibility index (Phi) is 5.48. The molecule has 2 heterocycles. The van der Waals surface area contributed by atoms with Crippen molar-refractivity contribution in [1.29, 1.82) is 0 Å². The van der Waals surface area contributed by atoms with Crippen molar-refractivity contribution in [2.45, 2.75) is 18.0 Å². The quantitative estimate of drug-likeness (QED) is 0.689. The van der Waals surface area contributed by atoms with Crippen LogP contribution >= 0.6 is 0 Å². The van der Waals surface area contributed by atoms with Crippen LogP contribution in [0.4, 0.5) is 5.82 Å². The fourth-order valence-electron chi connectivity index (χ4n) is 2.38. The van der Waals surface area contributed by atoms with E-state index in [9.17, 15) is 8.42 Å². The van der Waals surface area contributed by atoms with Crippen molar-refractivity contribution in [1.82, 2.24) is 9.97 Å². The molecule has 0 bridgehead atoms. The van der Waals surface area contributed by atoms with E-state index in [0.29, 0.717) is 24.8 Å². The molecule has 3 aromatic rings. The first-order valence-corrected chi connectivity index (χ1v) is 9.92. The minimum absolute atomic E-state index is 0.176. The average molecular weight is 369 g/mol. The van der Waals surface area contributed by atoms with Gasteiger partial charge in [-0.25, -0.2) is 18.4 Å². The minimum atomic E-state index is -3.35. The fourth-order valence-corrected chi connectivity index (χ4v) is 3.18. The summed E-state index contributed by atoms with van der Waals surface area (Å²) in [5.41, 5.74) is 1.97. The second-order valence-electron chi connectivity index (χ2n) is 5.75. The standard InChI is InChI=1S/C19H19N3O3S/c1-26(23,24)17-8-5-10-21-19(17)22-13-16-9-11-20-18(12-16)25-14-15-6-3-2-4-7-15/h2-12H,13-14H2,1H3,(H,21,22). The fraction of sp³-hybridized carbons (Fsp3) is 0.158. The van der Waals surface area contributed by atoms with Gasteiger partial charge in [-0.05, 0) is 29.3 Å². The van der Waals surface area contributed by atoms with Crippen molar-refractivity contribution in [3.63, 3.8) is 0 Å². The van der Waals surface area contributed by atoms with E-state index in [2.05, 4.69) is 15.3 Å². The van der Waals surface area contributed by atoms with Gasteiger partial charge in [-0.3, -0.25) is 0 Å². The topological polar surface area (TPSA) is 81.2 Å². The molecule has 0 atom stereocenters. The van der Waals surface area contributed by atoms with E-state index >= 15 is 0 Å². The van der Waals surface area contributed by atoms with E-state index in [1.807, 2.05) is 42.5 Å². The monoisotopic (exact) mass is 369 g/mol. The number of nitrogens with one attached hydrogen (secondary N) is 1. The zero-order valence-corrected chi connectivity index (χ0v) is 15.1. The first kappa shape index (κ1) is 17.9. The van der Waals surface area contributed by atoms with E-state index in [1.54, 1.807) is 18.5 Å². The summed E-state index contributed by atoms with van der Waals surface area (Å²) in [4.78, 5) is 8.50. The summed E-state index contributed by atoms with van der Waals surface area (Å²) in [6, 6.07) is 16.6. The van der Waals surface area contributed by atoms with E-state index in [-0.39, 0.29) is 4.90 Å². The van der Waals surface area contributed by atoms with Gasteiger partial charge in [0.25, 0.3) is 0 Å². The molecule has 2 aromatic heterocycles. The number of anilines is 1. The average Bonchev–Trinajstić information content (AvgIpc) is 2.65. The molecule has 1 N–H and O–H groups in total. The summed E-state index contributed by atoms with van der Waals surface area (Å²) in [5.74, 6) is 0.844. The Hall–Kier alpha value is -2.93. The molecule has 6 nitrogen and oxygen atoms in total. The van der Waals surface area contributed by atoms with Crippen molar-refractivity contribution in [3.8, 4) is 5.88 Å². The molecule has 3 rings (SSSR count). The number of benzene rings is 1. The van der Waals surface area contributed by atoms with Crippen LogP contribution in [-0.2, 0) is 23.0 Å². The number of hydrogen-bond donors (Lipinski definition) is 1. The van der Waals surface area contributed by atoms with Crippen LogP contribution in [0.25, 0.3) is 0 Å². The summed E-state index contributed by atoms with van der Waals surface area (Å²) < 4.78 is 29.4. The highest BCUT2D eigenvalue weighted by atomic mass is 32.2. The molecule has 1 aromatic carbocycles. The van der Waals surface area contributed by atoms with Crippen LogP contribution < -0.4 is 10.1 Å². The Balaban J connectivity index is 1.66. The predicted molar refractivity (Wildman–Crippen MR) is 99.7 cm³/mol. The maximum absolute atomic E-state index is 11.8. The molecule has 0 amide bonds. The molecular weight excluding hydrogens is 350 g/mol. The van der Waals surface area contributed by atoms with Crippen LogP contribution in [0.3, 0.4) is 0 Å². The van der Waals surface area contributed by atoms with Crippen LogP contribution in [0.2, 0.25) is 0 Å². The molecular formula is C19H19N3O3S. The van der Waals surface area contributed by atoms with E-state index in [1.165, 1.54) is 6.07 Å². The second kappa shape index (κ2) is 7.97. The van der Waals surface area contributed by atoms with E-state index in [0.717, 1.165) is 17.4 Å². The Morgan fingerprint density at radius 1 is 0.962 bits per heavy atom. The number of hydrogen-bond acceptors (Lipinski definition) is 6. The van der Waals surface area contributed by atoms with Crippen molar-refractivity contribution >= 4 is 15.7 Å². The Morgan fingerprint density at radius 3 is 2.54 bits per heavy atom. The summed E-state index contributed by atoms with van der Waals surface area (Å²) in [7, 11) is -3.35. The molecule has 0 aliphatic rings. The van der Waals surface area contributed by atoms with Crippen molar-refractivity contribution in [3.05, 3.63) is 78.1 Å². The molecule has 0 aliphatic carbocycles. The summed E-state index contributed by atoms with van der Waals surface area (Å²) in [6.07, 6.45) is 4.38. The third kappa shape index (κ3) is 4.80. The Labute approximate surface area is 152 Å². The van der Waals surface area contributed by atoms with Gasteiger partial charge in [-0.15, -0.1) is 0 Å². The number of nitrogens with zero attached hydrogens (tertiary/aromatic N) is 2. The maximum Gasteiger partial charge on any atom is 0.213 e. The highest BCUT2D eigenvalue weighted by Crippen LogP contribution is 2.19. The van der Waals surface area contributed by atoms with Crippen LogP contribution in [0, 0.1) is 0 Å². The lowest BCUT2D eigenvalue weighted by atomic mass is 10.2. The maximum atomic E-state index is 11.8. The molecule has 0 aliphatic heterocycles. The Morgan fingerprint density at radius 2 is 1.77 bits per heavy atom. The normalized spacial score (nSPS) is 11.1. The largest absolute Gasteiger partial charge is 0.473 e. The SMILES string of the molecule is CS(=O)(=O)c1cccnc1NCc1ccnc(OCc2ccccc2)c1. The summed E-state index contributed by atoms with van der Waals surface area (Å²) in [6.45, 7) is 0.840. The number of sulfone groups is 1. The van der Waals surface area contributed by atoms with Crippen molar-refractivity contribution in [2.75, 3.05) is 11.6 Å². The van der Waals surface area contributed by atoms with Gasteiger partial charge in [0, 0.05) is 31.3 Å². The van der Waals surface area contributed by atoms with Gasteiger partial charge in [0.2, 0.25) is 5.88 Å². The lowest BCUT2D eigenvalue weighted by Gasteiger charge is -2.10. The van der Waals surface area contributed by atoms with Gasteiger partial charge in [0.1, 0.15) is 17.3 Å². The molecule has 0 radical (unpaired) electrons. The number of ether oxygens (including phenoxy) is 1. The van der Waals surface area contributed by atoms with Gasteiger partial charge in [0.05, 0.1) is 0 Å². The molecule has 26 heavy (non-hydrogen) atoms. The van der Waals surface area contributed by atoms with Crippen LogP contribution in [-0.4, -0.2) is 24.6 Å². The molecule has 0 unspecified atom stereocenters. The molecule has 0 saturated heterocycles. The van der Waals surface area contributed by atoms with E-state index in [4.69, 9.17) is 4.74 Å². The van der Waals surface area contributed by atoms with Crippen molar-refractivity contribution in [2.24, 2.45) is 0 Å². The Bertz CT molecular complexity index is 976. The lowest BCUT2D eigenvalue weighted by Crippen LogP contribution is -2.08. The first-order valence-electron chi connectivity index (χ1n) is 8.03. The van der Waals surface area contributed by atoms with Crippen LogP contribution in [0.15, 0.2) is 71.9 Å². The predicted octanol–water partition coefficient (Wildman–Crippen LogP) is 3.07. The first-order chi connectivity index (χ1) is 12.5. The van der Waals surface area contributed by atoms with Crippen molar-refractivity contribution < 1.29 is 13.2 Å². The zero-order chi connectivity index (χ0) is 18.4. The molecule has 0 spiro atoms. The molecule has 0 fully saturated rings. The van der Waals surface area contributed by atoms with Gasteiger partial charge >= 0.3 is 0 Å². The molecule has 7 heteroatoms. The summed E-state index contributed by atoms with van der Waals surface area (Å²) >= 11 is 0. The number of aromatic nitrogens is 2. The van der Waals surface area contributed by atoms with Gasteiger partial charge in [-0.1, -0.05) is 30.3 Å². The van der Waals surface area contributed by atoms with Crippen LogP contribution in [0.5, 0.6) is 5.88 Å². The molecule has 0 saturated carbocycles. The number of rotatable bonds is 7. The number of pyridine rings is 2. The van der Waals surface area contributed by atoms with E-state index < -0.39 is 9.84 Å². The third-order valence-corrected chi connectivity index (χ3v) is 4.79. The second-order valence-corrected chi connectivity index (χ2v) is 7.74. The molecule has 134 valence electrons. The van der Waals surface area contributed by atoms with Gasteiger partial charge in [-0.2, -0.15) is 0 Å². The summed E-state index contributed by atoms with van der Waals surface area (Å²) in [5, 5.41) is 3.06. The lowest BCUT2D eigenvalue weighted by molar-refractivity contribution is 0.293.